The molecule has 0 radical (unpaired) electrons. The normalized spacial score (nSPS) is 17.9. The first kappa shape index (κ1) is 13.9. The zero-order chi connectivity index (χ0) is 14.9. The van der Waals surface area contributed by atoms with Gasteiger partial charge in [0, 0.05) is 27.7 Å². The molecule has 1 aliphatic rings. The fourth-order valence-corrected chi connectivity index (χ4v) is 3.67. The summed E-state index contributed by atoms with van der Waals surface area (Å²) in [7, 11) is 0. The van der Waals surface area contributed by atoms with Crippen LogP contribution in [0.3, 0.4) is 0 Å². The molecule has 1 atom stereocenters. The molecular formula is C18H19ClN2O. The largest absolute Gasteiger partial charge is 0.467 e. The number of fused-ring (bicyclic) bond motifs is 1. The maximum absolute atomic E-state index is 6.11. The molecule has 2 aromatic heterocycles. The Bertz CT molecular complexity index is 757. The van der Waals surface area contributed by atoms with E-state index in [2.05, 4.69) is 28.2 Å². The molecule has 1 aromatic carbocycles. The summed E-state index contributed by atoms with van der Waals surface area (Å²) >= 11 is 6.11. The SMILES string of the molecule is Clc1ccc2c(C(c3ccco3)N3CCCCC3)c[nH]c2c1. The lowest BCUT2D eigenvalue weighted by molar-refractivity contribution is 0.171. The van der Waals surface area contributed by atoms with Gasteiger partial charge in [-0.05, 0) is 50.2 Å². The maximum Gasteiger partial charge on any atom is 0.125 e. The van der Waals surface area contributed by atoms with Gasteiger partial charge in [0.1, 0.15) is 5.76 Å². The van der Waals surface area contributed by atoms with E-state index in [1.54, 1.807) is 6.26 Å². The van der Waals surface area contributed by atoms with Crippen LogP contribution in [-0.2, 0) is 0 Å². The Balaban J connectivity index is 1.82. The van der Waals surface area contributed by atoms with Crippen LogP contribution in [0.5, 0.6) is 0 Å². The van der Waals surface area contributed by atoms with Crippen molar-refractivity contribution in [2.24, 2.45) is 0 Å². The first-order valence-electron chi connectivity index (χ1n) is 7.87. The van der Waals surface area contributed by atoms with E-state index >= 15 is 0 Å². The molecular weight excluding hydrogens is 296 g/mol. The van der Waals surface area contributed by atoms with E-state index in [1.165, 1.54) is 30.2 Å². The molecule has 22 heavy (non-hydrogen) atoms. The summed E-state index contributed by atoms with van der Waals surface area (Å²) in [5, 5.41) is 1.98. The molecule has 3 heterocycles. The number of nitrogens with one attached hydrogen (secondary N) is 1. The smallest absolute Gasteiger partial charge is 0.125 e. The second-order valence-corrected chi connectivity index (χ2v) is 6.38. The van der Waals surface area contributed by atoms with Gasteiger partial charge in [-0.25, -0.2) is 0 Å². The lowest BCUT2D eigenvalue weighted by Crippen LogP contribution is -2.34. The highest BCUT2D eigenvalue weighted by atomic mass is 35.5. The van der Waals surface area contributed by atoms with E-state index in [1.807, 2.05) is 18.2 Å². The maximum atomic E-state index is 6.11. The molecule has 1 unspecified atom stereocenters. The van der Waals surface area contributed by atoms with Crippen LogP contribution >= 0.6 is 11.6 Å². The molecule has 1 N–H and O–H groups in total. The first-order valence-corrected chi connectivity index (χ1v) is 8.25. The molecule has 0 amide bonds. The molecule has 1 fully saturated rings. The summed E-state index contributed by atoms with van der Waals surface area (Å²) in [5.74, 6) is 1.01. The fraction of sp³-hybridized carbons (Fsp3) is 0.333. The van der Waals surface area contributed by atoms with Crippen LogP contribution in [0.15, 0.2) is 47.2 Å². The van der Waals surface area contributed by atoms with Gasteiger partial charge in [0.05, 0.1) is 12.3 Å². The van der Waals surface area contributed by atoms with Crippen molar-refractivity contribution < 1.29 is 4.42 Å². The summed E-state index contributed by atoms with van der Waals surface area (Å²) in [4.78, 5) is 5.89. The van der Waals surface area contributed by atoms with Crippen LogP contribution < -0.4 is 0 Å². The third-order valence-corrected chi connectivity index (χ3v) is 4.77. The van der Waals surface area contributed by atoms with Crippen molar-refractivity contribution in [2.45, 2.75) is 25.3 Å². The molecule has 3 aromatic rings. The number of aromatic amines is 1. The van der Waals surface area contributed by atoms with Gasteiger partial charge in [-0.15, -0.1) is 0 Å². The van der Waals surface area contributed by atoms with Crippen molar-refractivity contribution in [1.29, 1.82) is 0 Å². The predicted octanol–water partition coefficient (Wildman–Crippen LogP) is 4.99. The van der Waals surface area contributed by atoms with Crippen LogP contribution in [0.25, 0.3) is 10.9 Å². The standard InChI is InChI=1S/C18H19ClN2O/c19-13-6-7-14-15(12-20-16(14)11-13)18(17-5-4-10-22-17)21-8-2-1-3-9-21/h4-7,10-12,18,20H,1-3,8-9H2. The average Bonchev–Trinajstić information content (AvgIpc) is 3.19. The minimum absolute atomic E-state index is 0.172. The topological polar surface area (TPSA) is 32.2 Å². The van der Waals surface area contributed by atoms with Gasteiger partial charge in [-0.1, -0.05) is 24.1 Å². The number of likely N-dealkylation sites (tertiary alicyclic amines) is 1. The summed E-state index contributed by atoms with van der Waals surface area (Å²) < 4.78 is 5.76. The molecule has 4 heteroatoms. The number of hydrogen-bond donors (Lipinski definition) is 1. The Labute approximate surface area is 134 Å². The average molecular weight is 315 g/mol. The van der Waals surface area contributed by atoms with Crippen molar-refractivity contribution in [2.75, 3.05) is 13.1 Å². The van der Waals surface area contributed by atoms with Crippen LogP contribution in [0.2, 0.25) is 5.02 Å². The van der Waals surface area contributed by atoms with E-state index in [0.717, 1.165) is 29.4 Å². The number of H-pyrrole nitrogens is 1. The number of furan rings is 1. The van der Waals surface area contributed by atoms with Crippen molar-refractivity contribution >= 4 is 22.5 Å². The van der Waals surface area contributed by atoms with Gasteiger partial charge in [0.25, 0.3) is 0 Å². The summed E-state index contributed by atoms with van der Waals surface area (Å²) in [5.41, 5.74) is 2.35. The van der Waals surface area contributed by atoms with E-state index in [-0.39, 0.29) is 6.04 Å². The Morgan fingerprint density at radius 2 is 2.00 bits per heavy atom. The number of rotatable bonds is 3. The van der Waals surface area contributed by atoms with Gasteiger partial charge in [-0.3, -0.25) is 4.90 Å². The number of halogens is 1. The Hall–Kier alpha value is -1.71. The molecule has 1 saturated heterocycles. The summed E-state index contributed by atoms with van der Waals surface area (Å²) in [6.45, 7) is 2.23. The number of piperidine rings is 1. The van der Waals surface area contributed by atoms with E-state index in [9.17, 15) is 0 Å². The van der Waals surface area contributed by atoms with Gasteiger partial charge in [-0.2, -0.15) is 0 Å². The van der Waals surface area contributed by atoms with Crippen LogP contribution in [0.4, 0.5) is 0 Å². The Morgan fingerprint density at radius 1 is 1.14 bits per heavy atom. The Morgan fingerprint density at radius 3 is 2.77 bits per heavy atom. The molecule has 3 nitrogen and oxygen atoms in total. The second kappa shape index (κ2) is 5.82. The van der Waals surface area contributed by atoms with Crippen LogP contribution in [0, 0.1) is 0 Å². The molecule has 0 spiro atoms. The molecule has 1 aliphatic heterocycles. The molecule has 4 rings (SSSR count). The zero-order valence-corrected chi connectivity index (χ0v) is 13.1. The van der Waals surface area contributed by atoms with Crippen molar-refractivity contribution in [3.8, 4) is 0 Å². The number of aromatic nitrogens is 1. The summed E-state index contributed by atoms with van der Waals surface area (Å²) in [6, 6.07) is 10.3. The van der Waals surface area contributed by atoms with Gasteiger partial charge in [0.2, 0.25) is 0 Å². The highest BCUT2D eigenvalue weighted by Crippen LogP contribution is 2.36. The van der Waals surface area contributed by atoms with Crippen LogP contribution in [-0.4, -0.2) is 23.0 Å². The highest BCUT2D eigenvalue weighted by Gasteiger charge is 2.28. The van der Waals surface area contributed by atoms with E-state index in [4.69, 9.17) is 16.0 Å². The fourth-order valence-electron chi connectivity index (χ4n) is 3.50. The minimum atomic E-state index is 0.172. The molecule has 0 aliphatic carbocycles. The second-order valence-electron chi connectivity index (χ2n) is 5.95. The van der Waals surface area contributed by atoms with Gasteiger partial charge >= 0.3 is 0 Å². The first-order chi connectivity index (χ1) is 10.8. The molecule has 0 saturated carbocycles. The van der Waals surface area contributed by atoms with Gasteiger partial charge in [0.15, 0.2) is 0 Å². The Kier molecular flexibility index (Phi) is 3.68. The molecule has 0 bridgehead atoms. The van der Waals surface area contributed by atoms with Crippen LogP contribution in [0.1, 0.15) is 36.6 Å². The van der Waals surface area contributed by atoms with E-state index < -0.39 is 0 Å². The minimum Gasteiger partial charge on any atom is -0.467 e. The lowest BCUT2D eigenvalue weighted by Gasteiger charge is -2.33. The van der Waals surface area contributed by atoms with E-state index in [0.29, 0.717) is 0 Å². The monoisotopic (exact) mass is 314 g/mol. The number of hydrogen-bond acceptors (Lipinski definition) is 2. The lowest BCUT2D eigenvalue weighted by atomic mass is 9.99. The predicted molar refractivity (Wildman–Crippen MR) is 89.3 cm³/mol. The number of nitrogens with zero attached hydrogens (tertiary/aromatic N) is 1. The van der Waals surface area contributed by atoms with Crippen molar-refractivity contribution in [3.05, 3.63) is 59.1 Å². The highest BCUT2D eigenvalue weighted by molar-refractivity contribution is 6.31. The third kappa shape index (κ3) is 2.44. The summed E-state index contributed by atoms with van der Waals surface area (Å²) in [6.07, 6.45) is 7.70. The van der Waals surface area contributed by atoms with Gasteiger partial charge < -0.3 is 9.40 Å². The van der Waals surface area contributed by atoms with Crippen molar-refractivity contribution in [1.82, 2.24) is 9.88 Å². The van der Waals surface area contributed by atoms with Crippen molar-refractivity contribution in [3.63, 3.8) is 0 Å². The number of benzene rings is 1. The zero-order valence-electron chi connectivity index (χ0n) is 12.4. The third-order valence-electron chi connectivity index (χ3n) is 4.54. The molecule has 114 valence electrons. The quantitative estimate of drug-likeness (QED) is 0.738.